The quantitative estimate of drug-likeness (QED) is 0.880. The molecule has 92 valence electrons. The number of hydrogen-bond donors (Lipinski definition) is 1. The number of benzene rings is 2. The molecule has 2 aromatic rings. The van der Waals surface area contributed by atoms with Crippen molar-refractivity contribution in [3.63, 3.8) is 0 Å². The topological polar surface area (TPSA) is 37.3 Å². The van der Waals surface area contributed by atoms with E-state index in [-0.39, 0.29) is 5.56 Å². The van der Waals surface area contributed by atoms with Crippen LogP contribution >= 0.6 is 0 Å². The smallest absolute Gasteiger partial charge is 0.338 e. The molecule has 0 spiro atoms. The molecule has 2 rings (SSSR count). The first-order valence-corrected chi connectivity index (χ1v) is 5.28. The normalized spacial score (nSPS) is 10.4. The molecule has 1 N–H and O–H groups in total. The molecule has 0 unspecified atom stereocenters. The Balaban J connectivity index is 2.58. The van der Waals surface area contributed by atoms with E-state index in [1.807, 2.05) is 0 Å². The number of aromatic carboxylic acids is 1. The third-order valence-electron chi connectivity index (χ3n) is 2.63. The van der Waals surface area contributed by atoms with Crippen LogP contribution in [0.1, 0.15) is 15.9 Å². The maximum Gasteiger partial charge on any atom is 0.338 e. The van der Waals surface area contributed by atoms with Crippen LogP contribution in [0.4, 0.5) is 8.78 Å². The Morgan fingerprint density at radius 3 is 2.39 bits per heavy atom. The van der Waals surface area contributed by atoms with Crippen LogP contribution in [0.3, 0.4) is 0 Å². The molecule has 0 aromatic heterocycles. The summed E-state index contributed by atoms with van der Waals surface area (Å²) >= 11 is 0. The average molecular weight is 248 g/mol. The fourth-order valence-electron chi connectivity index (χ4n) is 1.71. The lowest BCUT2D eigenvalue weighted by atomic mass is 10.0. The number of rotatable bonds is 2. The summed E-state index contributed by atoms with van der Waals surface area (Å²) in [5.41, 5.74) is 0.888. The lowest BCUT2D eigenvalue weighted by molar-refractivity contribution is 0.0692. The second-order valence-corrected chi connectivity index (χ2v) is 3.98. The van der Waals surface area contributed by atoms with Crippen LogP contribution in [0.2, 0.25) is 0 Å². The van der Waals surface area contributed by atoms with Crippen LogP contribution in [0.5, 0.6) is 0 Å². The van der Waals surface area contributed by atoms with Gasteiger partial charge >= 0.3 is 5.97 Å². The monoisotopic (exact) mass is 248 g/mol. The summed E-state index contributed by atoms with van der Waals surface area (Å²) in [4.78, 5) is 10.8. The Morgan fingerprint density at radius 1 is 1.06 bits per heavy atom. The highest BCUT2D eigenvalue weighted by molar-refractivity contribution is 5.89. The van der Waals surface area contributed by atoms with Gasteiger partial charge in [0.05, 0.1) is 5.56 Å². The second kappa shape index (κ2) is 4.56. The fraction of sp³-hybridized carbons (Fsp3) is 0.0714. The first-order valence-electron chi connectivity index (χ1n) is 5.28. The standard InChI is InChI=1S/C14H10F2O2/c1-8-2-4-10(13(16)6-8)9-3-5-12(15)11(7-9)14(17)18/h2-7H,1H3,(H,17,18). The minimum atomic E-state index is -1.37. The average Bonchev–Trinajstić information content (AvgIpc) is 2.30. The molecule has 0 aliphatic carbocycles. The van der Waals surface area contributed by atoms with Crippen molar-refractivity contribution in [1.82, 2.24) is 0 Å². The minimum absolute atomic E-state index is 0.253. The molecule has 0 aliphatic rings. The van der Waals surface area contributed by atoms with E-state index in [2.05, 4.69) is 0 Å². The third kappa shape index (κ3) is 2.22. The zero-order chi connectivity index (χ0) is 13.3. The molecule has 0 saturated carbocycles. The van der Waals surface area contributed by atoms with Crippen molar-refractivity contribution in [1.29, 1.82) is 0 Å². The van der Waals surface area contributed by atoms with Crippen LogP contribution in [0.15, 0.2) is 36.4 Å². The zero-order valence-corrected chi connectivity index (χ0v) is 9.58. The van der Waals surface area contributed by atoms with Gasteiger partial charge < -0.3 is 5.11 Å². The van der Waals surface area contributed by atoms with E-state index in [9.17, 15) is 13.6 Å². The van der Waals surface area contributed by atoms with Gasteiger partial charge in [-0.1, -0.05) is 18.2 Å². The summed E-state index contributed by atoms with van der Waals surface area (Å²) in [5, 5.41) is 8.82. The lowest BCUT2D eigenvalue weighted by Gasteiger charge is -2.06. The van der Waals surface area contributed by atoms with Gasteiger partial charge in [0.2, 0.25) is 0 Å². The van der Waals surface area contributed by atoms with E-state index in [0.717, 1.165) is 17.7 Å². The number of halogens is 2. The summed E-state index contributed by atoms with van der Waals surface area (Å²) in [6.45, 7) is 1.75. The van der Waals surface area contributed by atoms with E-state index in [1.165, 1.54) is 12.1 Å². The first-order chi connectivity index (χ1) is 8.49. The number of hydrogen-bond acceptors (Lipinski definition) is 1. The van der Waals surface area contributed by atoms with E-state index in [4.69, 9.17) is 5.11 Å². The van der Waals surface area contributed by atoms with Crippen LogP contribution < -0.4 is 0 Å². The fourth-order valence-corrected chi connectivity index (χ4v) is 1.71. The molecule has 4 heteroatoms. The summed E-state index contributed by atoms with van der Waals surface area (Å²) in [6, 6.07) is 8.11. The number of carboxylic acids is 1. The molecule has 2 nitrogen and oxygen atoms in total. The van der Waals surface area contributed by atoms with Gasteiger partial charge in [-0.2, -0.15) is 0 Å². The van der Waals surface area contributed by atoms with Crippen molar-refractivity contribution in [3.05, 3.63) is 59.2 Å². The maximum atomic E-state index is 13.7. The highest BCUT2D eigenvalue weighted by Crippen LogP contribution is 2.25. The van der Waals surface area contributed by atoms with E-state index in [0.29, 0.717) is 5.56 Å². The molecule has 0 saturated heterocycles. The van der Waals surface area contributed by atoms with Gasteiger partial charge in [-0.3, -0.25) is 0 Å². The zero-order valence-electron chi connectivity index (χ0n) is 9.58. The molecular weight excluding hydrogens is 238 g/mol. The Bertz CT molecular complexity index is 621. The molecular formula is C14H10F2O2. The highest BCUT2D eigenvalue weighted by Gasteiger charge is 2.13. The Hall–Kier alpha value is -2.23. The first kappa shape index (κ1) is 12.2. The number of carboxylic acid groups (broad SMARTS) is 1. The molecule has 0 radical (unpaired) electrons. The van der Waals surface area contributed by atoms with Gasteiger partial charge in [0.25, 0.3) is 0 Å². The summed E-state index contributed by atoms with van der Waals surface area (Å²) in [6.07, 6.45) is 0. The summed E-state index contributed by atoms with van der Waals surface area (Å²) < 4.78 is 27.0. The van der Waals surface area contributed by atoms with Crippen molar-refractivity contribution >= 4 is 5.97 Å². The van der Waals surface area contributed by atoms with Crippen LogP contribution in [-0.2, 0) is 0 Å². The Labute approximate surface area is 103 Å². The van der Waals surface area contributed by atoms with Crippen molar-refractivity contribution < 1.29 is 18.7 Å². The lowest BCUT2D eigenvalue weighted by Crippen LogP contribution is -2.00. The summed E-state index contributed by atoms with van der Waals surface area (Å²) in [7, 11) is 0. The number of aryl methyl sites for hydroxylation is 1. The third-order valence-corrected chi connectivity index (χ3v) is 2.63. The second-order valence-electron chi connectivity index (χ2n) is 3.98. The molecule has 2 aromatic carbocycles. The Kier molecular flexibility index (Phi) is 3.10. The molecule has 0 bridgehead atoms. The largest absolute Gasteiger partial charge is 0.478 e. The summed E-state index contributed by atoms with van der Waals surface area (Å²) in [5.74, 6) is -2.67. The molecule has 0 atom stereocenters. The van der Waals surface area contributed by atoms with Gasteiger partial charge in [-0.05, 0) is 36.2 Å². The van der Waals surface area contributed by atoms with E-state index in [1.54, 1.807) is 19.1 Å². The van der Waals surface area contributed by atoms with E-state index >= 15 is 0 Å². The highest BCUT2D eigenvalue weighted by atomic mass is 19.1. The molecule has 18 heavy (non-hydrogen) atoms. The van der Waals surface area contributed by atoms with Crippen molar-refractivity contribution in [2.45, 2.75) is 6.92 Å². The van der Waals surface area contributed by atoms with Crippen molar-refractivity contribution in [2.75, 3.05) is 0 Å². The maximum absolute atomic E-state index is 13.7. The van der Waals surface area contributed by atoms with Crippen molar-refractivity contribution in [3.8, 4) is 11.1 Å². The predicted octanol–water partition coefficient (Wildman–Crippen LogP) is 3.64. The predicted molar refractivity (Wildman–Crippen MR) is 63.5 cm³/mol. The number of carbonyl (C=O) groups is 1. The van der Waals surface area contributed by atoms with Gasteiger partial charge in [0.1, 0.15) is 11.6 Å². The van der Waals surface area contributed by atoms with Crippen LogP contribution in [0, 0.1) is 18.6 Å². The van der Waals surface area contributed by atoms with Gasteiger partial charge in [0.15, 0.2) is 0 Å². The van der Waals surface area contributed by atoms with E-state index < -0.39 is 23.2 Å². The minimum Gasteiger partial charge on any atom is -0.478 e. The van der Waals surface area contributed by atoms with Crippen LogP contribution in [-0.4, -0.2) is 11.1 Å². The molecule has 0 aliphatic heterocycles. The molecule has 0 fully saturated rings. The van der Waals surface area contributed by atoms with Crippen LogP contribution in [0.25, 0.3) is 11.1 Å². The van der Waals surface area contributed by atoms with Gasteiger partial charge in [-0.15, -0.1) is 0 Å². The SMILES string of the molecule is Cc1ccc(-c2ccc(F)c(C(=O)O)c2)c(F)c1. The Morgan fingerprint density at radius 2 is 1.78 bits per heavy atom. The molecule has 0 amide bonds. The van der Waals surface area contributed by atoms with Gasteiger partial charge in [-0.25, -0.2) is 13.6 Å². The van der Waals surface area contributed by atoms with Gasteiger partial charge in [0, 0.05) is 5.56 Å². The molecule has 0 heterocycles. The van der Waals surface area contributed by atoms with Crippen molar-refractivity contribution in [2.24, 2.45) is 0 Å².